The van der Waals surface area contributed by atoms with E-state index in [4.69, 9.17) is 0 Å². The monoisotopic (exact) mass is 310 g/mol. The molecule has 21 heavy (non-hydrogen) atoms. The lowest BCUT2D eigenvalue weighted by Gasteiger charge is -2.26. The van der Waals surface area contributed by atoms with Crippen molar-refractivity contribution in [2.24, 2.45) is 0 Å². The molecule has 4 nitrogen and oxygen atoms in total. The van der Waals surface area contributed by atoms with E-state index < -0.39 is 10.0 Å². The molecule has 5 heteroatoms. The molecule has 0 saturated carbocycles. The van der Waals surface area contributed by atoms with Gasteiger partial charge in [-0.15, -0.1) is 0 Å². The van der Waals surface area contributed by atoms with Gasteiger partial charge in [0.2, 0.25) is 10.0 Å². The first kappa shape index (κ1) is 16.5. The molecule has 0 bridgehead atoms. The normalized spacial score (nSPS) is 20.2. The van der Waals surface area contributed by atoms with Gasteiger partial charge in [-0.2, -0.15) is 4.31 Å². The average molecular weight is 310 g/mol. The van der Waals surface area contributed by atoms with Gasteiger partial charge in [0.05, 0.1) is 5.75 Å². The lowest BCUT2D eigenvalue weighted by molar-refractivity contribution is 0.292. The standard InChI is InChI=1S/C16H26N2O2S/c1-3-17(2)13-11-16-10-7-12-18(16)21(19,20)14-15-8-5-4-6-9-15/h4-6,8-9,16H,3,7,10-14H2,1-2H3. The fourth-order valence-corrected chi connectivity index (χ4v) is 4.71. The van der Waals surface area contributed by atoms with Crippen LogP contribution in [0.5, 0.6) is 0 Å². The smallest absolute Gasteiger partial charge is 0.218 e. The Labute approximate surface area is 128 Å². The Morgan fingerprint density at radius 3 is 2.67 bits per heavy atom. The minimum absolute atomic E-state index is 0.119. The Kier molecular flexibility index (Phi) is 5.79. The second-order valence-electron chi connectivity index (χ2n) is 5.83. The molecule has 0 amide bonds. The van der Waals surface area contributed by atoms with Crippen molar-refractivity contribution in [1.29, 1.82) is 0 Å². The first-order valence-electron chi connectivity index (χ1n) is 7.75. The zero-order valence-corrected chi connectivity index (χ0v) is 13.8. The second kappa shape index (κ2) is 7.38. The quantitative estimate of drug-likeness (QED) is 0.776. The van der Waals surface area contributed by atoms with Gasteiger partial charge in [0.25, 0.3) is 0 Å². The van der Waals surface area contributed by atoms with Crippen LogP contribution in [-0.4, -0.2) is 50.3 Å². The molecule has 0 N–H and O–H groups in total. The molecule has 118 valence electrons. The first-order valence-corrected chi connectivity index (χ1v) is 9.36. The third-order valence-electron chi connectivity index (χ3n) is 4.26. The van der Waals surface area contributed by atoms with Gasteiger partial charge in [-0.05, 0) is 45.0 Å². The average Bonchev–Trinajstić information content (AvgIpc) is 2.94. The van der Waals surface area contributed by atoms with Crippen LogP contribution in [0.15, 0.2) is 30.3 Å². The predicted octanol–water partition coefficient (Wildman–Crippen LogP) is 2.32. The van der Waals surface area contributed by atoms with E-state index >= 15 is 0 Å². The summed E-state index contributed by atoms with van der Waals surface area (Å²) in [5, 5.41) is 0. The first-order chi connectivity index (χ1) is 10.0. The van der Waals surface area contributed by atoms with E-state index in [-0.39, 0.29) is 11.8 Å². The van der Waals surface area contributed by atoms with Gasteiger partial charge >= 0.3 is 0 Å². The topological polar surface area (TPSA) is 40.6 Å². The molecular weight excluding hydrogens is 284 g/mol. The van der Waals surface area contributed by atoms with Crippen molar-refractivity contribution >= 4 is 10.0 Å². The third kappa shape index (κ3) is 4.53. The van der Waals surface area contributed by atoms with Gasteiger partial charge < -0.3 is 4.90 Å². The highest BCUT2D eigenvalue weighted by Crippen LogP contribution is 2.25. The van der Waals surface area contributed by atoms with Crippen LogP contribution >= 0.6 is 0 Å². The Hall–Kier alpha value is -0.910. The predicted molar refractivity (Wildman–Crippen MR) is 86.6 cm³/mol. The molecule has 2 rings (SSSR count). The molecule has 1 unspecified atom stereocenters. The van der Waals surface area contributed by atoms with Crippen LogP contribution in [0, 0.1) is 0 Å². The summed E-state index contributed by atoms with van der Waals surface area (Å²) in [4.78, 5) is 2.24. The molecular formula is C16H26N2O2S. The minimum atomic E-state index is -3.20. The van der Waals surface area contributed by atoms with Crippen molar-refractivity contribution in [3.8, 4) is 0 Å². The fraction of sp³-hybridized carbons (Fsp3) is 0.625. The number of nitrogens with zero attached hydrogens (tertiary/aromatic N) is 2. The molecule has 0 aliphatic carbocycles. The fourth-order valence-electron chi connectivity index (χ4n) is 2.86. The molecule has 1 aliphatic heterocycles. The van der Waals surface area contributed by atoms with E-state index in [0.29, 0.717) is 6.54 Å². The van der Waals surface area contributed by atoms with Crippen LogP contribution in [0.4, 0.5) is 0 Å². The number of benzene rings is 1. The van der Waals surface area contributed by atoms with Crippen LogP contribution in [0.2, 0.25) is 0 Å². The molecule has 1 aliphatic rings. The maximum Gasteiger partial charge on any atom is 0.218 e. The summed E-state index contributed by atoms with van der Waals surface area (Å²) in [6.45, 7) is 4.76. The number of hydrogen-bond acceptors (Lipinski definition) is 3. The maximum atomic E-state index is 12.6. The Balaban J connectivity index is 2.01. The summed E-state index contributed by atoms with van der Waals surface area (Å²) in [5.41, 5.74) is 0.869. The van der Waals surface area contributed by atoms with Crippen LogP contribution in [0.25, 0.3) is 0 Å². The molecule has 1 aromatic carbocycles. The van der Waals surface area contributed by atoms with Crippen molar-refractivity contribution < 1.29 is 8.42 Å². The summed E-state index contributed by atoms with van der Waals surface area (Å²) < 4.78 is 27.0. The third-order valence-corrected chi connectivity index (χ3v) is 6.15. The summed E-state index contributed by atoms with van der Waals surface area (Å²) in [7, 11) is -1.12. The highest BCUT2D eigenvalue weighted by atomic mass is 32.2. The summed E-state index contributed by atoms with van der Waals surface area (Å²) in [5.74, 6) is 0.119. The van der Waals surface area contributed by atoms with E-state index in [0.717, 1.165) is 37.9 Å². The minimum Gasteiger partial charge on any atom is -0.307 e. The van der Waals surface area contributed by atoms with Crippen molar-refractivity contribution in [3.05, 3.63) is 35.9 Å². The largest absolute Gasteiger partial charge is 0.307 e. The zero-order chi connectivity index (χ0) is 15.3. The molecule has 0 spiro atoms. The van der Waals surface area contributed by atoms with E-state index in [1.54, 1.807) is 4.31 Å². The van der Waals surface area contributed by atoms with Gasteiger partial charge in [-0.3, -0.25) is 0 Å². The molecule has 1 atom stereocenters. The van der Waals surface area contributed by atoms with E-state index in [9.17, 15) is 8.42 Å². The van der Waals surface area contributed by atoms with Crippen molar-refractivity contribution in [3.63, 3.8) is 0 Å². The molecule has 1 aromatic rings. The number of rotatable bonds is 7. The van der Waals surface area contributed by atoms with Crippen LogP contribution in [0.1, 0.15) is 31.7 Å². The lowest BCUT2D eigenvalue weighted by Crippen LogP contribution is -2.38. The van der Waals surface area contributed by atoms with Crippen LogP contribution < -0.4 is 0 Å². The van der Waals surface area contributed by atoms with Gasteiger partial charge in [0, 0.05) is 12.6 Å². The zero-order valence-electron chi connectivity index (χ0n) is 13.0. The highest BCUT2D eigenvalue weighted by Gasteiger charge is 2.33. The Morgan fingerprint density at radius 1 is 1.29 bits per heavy atom. The van der Waals surface area contributed by atoms with Gasteiger partial charge in [-0.25, -0.2) is 8.42 Å². The molecule has 0 radical (unpaired) electrons. The lowest BCUT2D eigenvalue weighted by atomic mass is 10.1. The van der Waals surface area contributed by atoms with Crippen molar-refractivity contribution in [2.75, 3.05) is 26.7 Å². The van der Waals surface area contributed by atoms with Gasteiger partial charge in [0.1, 0.15) is 0 Å². The van der Waals surface area contributed by atoms with Crippen LogP contribution in [0.3, 0.4) is 0 Å². The van der Waals surface area contributed by atoms with Gasteiger partial charge in [-0.1, -0.05) is 37.3 Å². The summed E-state index contributed by atoms with van der Waals surface area (Å²) >= 11 is 0. The molecule has 1 saturated heterocycles. The highest BCUT2D eigenvalue weighted by molar-refractivity contribution is 7.88. The Bertz CT molecular complexity index is 530. The molecule has 1 fully saturated rings. The summed E-state index contributed by atoms with van der Waals surface area (Å²) in [6, 6.07) is 9.63. The number of hydrogen-bond donors (Lipinski definition) is 0. The van der Waals surface area contributed by atoms with Crippen LogP contribution in [-0.2, 0) is 15.8 Å². The van der Waals surface area contributed by atoms with E-state index in [1.165, 1.54) is 0 Å². The SMILES string of the molecule is CCN(C)CCC1CCCN1S(=O)(=O)Cc1ccccc1. The summed E-state index contributed by atoms with van der Waals surface area (Å²) in [6.07, 6.45) is 2.90. The maximum absolute atomic E-state index is 12.6. The van der Waals surface area contributed by atoms with E-state index in [2.05, 4.69) is 18.9 Å². The van der Waals surface area contributed by atoms with E-state index in [1.807, 2.05) is 30.3 Å². The number of sulfonamides is 1. The Morgan fingerprint density at radius 2 is 2.00 bits per heavy atom. The second-order valence-corrected chi connectivity index (χ2v) is 7.75. The van der Waals surface area contributed by atoms with Crippen molar-refractivity contribution in [2.45, 2.75) is 38.0 Å². The molecule has 1 heterocycles. The van der Waals surface area contributed by atoms with Gasteiger partial charge in [0.15, 0.2) is 0 Å². The molecule has 0 aromatic heterocycles. The van der Waals surface area contributed by atoms with Crippen molar-refractivity contribution in [1.82, 2.24) is 9.21 Å².